The highest BCUT2D eigenvalue weighted by atomic mass is 35.5. The van der Waals surface area contributed by atoms with Crippen LogP contribution in [0.1, 0.15) is 22.8 Å². The van der Waals surface area contributed by atoms with E-state index in [1.807, 2.05) is 46.7 Å². The number of amides is 1. The van der Waals surface area contributed by atoms with E-state index >= 15 is 0 Å². The zero-order chi connectivity index (χ0) is 21.5. The van der Waals surface area contributed by atoms with Crippen molar-refractivity contribution in [3.8, 4) is 11.4 Å². The molecule has 4 aromatic rings. The molecule has 0 aliphatic rings. The van der Waals surface area contributed by atoms with Crippen molar-refractivity contribution in [1.82, 2.24) is 15.0 Å². The molecule has 0 saturated carbocycles. The molecule has 0 bridgehead atoms. The Kier molecular flexibility index (Phi) is 7.12. The van der Waals surface area contributed by atoms with Crippen molar-refractivity contribution in [3.63, 3.8) is 0 Å². The third-order valence-corrected chi connectivity index (χ3v) is 6.03. The number of aryl methyl sites for hydroxylation is 1. The number of nitrogens with zero attached hydrogens (tertiary/aromatic N) is 3. The first-order valence-corrected chi connectivity index (χ1v) is 11.4. The number of aromatic nitrogens is 2. The van der Waals surface area contributed by atoms with Gasteiger partial charge in [0.15, 0.2) is 0 Å². The maximum absolute atomic E-state index is 13.0. The van der Waals surface area contributed by atoms with Gasteiger partial charge in [0.1, 0.15) is 0 Å². The molecule has 0 spiro atoms. The Morgan fingerprint density at radius 2 is 1.81 bits per heavy atom. The minimum absolute atomic E-state index is 0.0792. The van der Waals surface area contributed by atoms with Gasteiger partial charge in [0.25, 0.3) is 0 Å². The van der Waals surface area contributed by atoms with Crippen LogP contribution < -0.4 is 0 Å². The van der Waals surface area contributed by atoms with Crippen molar-refractivity contribution in [1.29, 1.82) is 0 Å². The topological polar surface area (TPSA) is 59.2 Å². The summed E-state index contributed by atoms with van der Waals surface area (Å²) < 4.78 is 5.35. The lowest BCUT2D eigenvalue weighted by Gasteiger charge is -2.22. The molecule has 0 saturated heterocycles. The molecule has 0 atom stereocenters. The number of thiophene rings is 1. The standard InChI is InChI=1S/C24H22ClN3O2S/c25-20-10-8-19(9-11-20)24-26-22(30-27-24)12-13-23(29)28(17-21-7-4-16-31-21)15-14-18-5-2-1-3-6-18/h1-11,16H,12-15,17H2. The van der Waals surface area contributed by atoms with Crippen LogP contribution in [0, 0.1) is 0 Å². The van der Waals surface area contributed by atoms with Crippen LogP contribution in [-0.2, 0) is 24.2 Å². The molecule has 1 amide bonds. The van der Waals surface area contributed by atoms with E-state index in [1.54, 1.807) is 23.5 Å². The molecule has 0 fully saturated rings. The fourth-order valence-electron chi connectivity index (χ4n) is 3.24. The predicted molar refractivity (Wildman–Crippen MR) is 123 cm³/mol. The van der Waals surface area contributed by atoms with Crippen LogP contribution in [0.25, 0.3) is 11.4 Å². The van der Waals surface area contributed by atoms with Gasteiger partial charge in [-0.05, 0) is 47.7 Å². The molecule has 0 aliphatic carbocycles. The molecule has 0 unspecified atom stereocenters. The molecule has 5 nitrogen and oxygen atoms in total. The van der Waals surface area contributed by atoms with E-state index in [1.165, 1.54) is 10.4 Å². The van der Waals surface area contributed by atoms with E-state index in [0.717, 1.165) is 12.0 Å². The lowest BCUT2D eigenvalue weighted by Crippen LogP contribution is -2.32. The third kappa shape index (κ3) is 6.03. The smallest absolute Gasteiger partial charge is 0.227 e. The van der Waals surface area contributed by atoms with Gasteiger partial charge in [-0.1, -0.05) is 53.2 Å². The molecule has 0 aliphatic heterocycles. The highest BCUT2D eigenvalue weighted by Crippen LogP contribution is 2.19. The maximum atomic E-state index is 13.0. The van der Waals surface area contributed by atoms with Gasteiger partial charge in [0, 0.05) is 34.8 Å². The summed E-state index contributed by atoms with van der Waals surface area (Å²) in [4.78, 5) is 20.5. The summed E-state index contributed by atoms with van der Waals surface area (Å²) >= 11 is 7.59. The fraction of sp³-hybridized carbons (Fsp3) is 0.208. The Morgan fingerprint density at radius 1 is 1.00 bits per heavy atom. The van der Waals surface area contributed by atoms with Crippen LogP contribution in [-0.4, -0.2) is 27.5 Å². The van der Waals surface area contributed by atoms with Gasteiger partial charge in [-0.2, -0.15) is 4.98 Å². The summed E-state index contributed by atoms with van der Waals surface area (Å²) in [5, 5.41) is 6.71. The second-order valence-electron chi connectivity index (χ2n) is 7.15. The van der Waals surface area contributed by atoms with E-state index < -0.39 is 0 Å². The first-order valence-electron chi connectivity index (χ1n) is 10.1. The summed E-state index contributed by atoms with van der Waals surface area (Å²) in [5.74, 6) is 1.03. The number of carbonyl (C=O) groups is 1. The molecule has 4 rings (SSSR count). The van der Waals surface area contributed by atoms with Gasteiger partial charge in [-0.25, -0.2) is 0 Å². The minimum Gasteiger partial charge on any atom is -0.339 e. The summed E-state index contributed by atoms with van der Waals surface area (Å²) in [6, 6.07) is 21.5. The number of hydrogen-bond acceptors (Lipinski definition) is 5. The monoisotopic (exact) mass is 451 g/mol. The van der Waals surface area contributed by atoms with Gasteiger partial charge in [-0.3, -0.25) is 4.79 Å². The zero-order valence-electron chi connectivity index (χ0n) is 16.9. The van der Waals surface area contributed by atoms with Crippen LogP contribution >= 0.6 is 22.9 Å². The molecule has 158 valence electrons. The summed E-state index contributed by atoms with van der Waals surface area (Å²) in [7, 11) is 0. The quantitative estimate of drug-likeness (QED) is 0.329. The summed E-state index contributed by atoms with van der Waals surface area (Å²) in [5.41, 5.74) is 2.05. The summed E-state index contributed by atoms with van der Waals surface area (Å²) in [6.07, 6.45) is 1.55. The van der Waals surface area contributed by atoms with E-state index in [9.17, 15) is 4.79 Å². The molecule has 2 heterocycles. The molecular weight excluding hydrogens is 430 g/mol. The van der Waals surface area contributed by atoms with Crippen molar-refractivity contribution in [2.24, 2.45) is 0 Å². The molecule has 2 aromatic carbocycles. The average molecular weight is 452 g/mol. The Bertz CT molecular complexity index is 1100. The first-order chi connectivity index (χ1) is 15.2. The van der Waals surface area contributed by atoms with Crippen molar-refractivity contribution in [2.45, 2.75) is 25.8 Å². The number of carbonyl (C=O) groups excluding carboxylic acids is 1. The fourth-order valence-corrected chi connectivity index (χ4v) is 4.08. The maximum Gasteiger partial charge on any atom is 0.227 e. The van der Waals surface area contributed by atoms with Gasteiger partial charge in [-0.15, -0.1) is 11.3 Å². The van der Waals surface area contributed by atoms with Crippen LogP contribution in [0.3, 0.4) is 0 Å². The van der Waals surface area contributed by atoms with Crippen LogP contribution in [0.15, 0.2) is 76.6 Å². The molecule has 2 aromatic heterocycles. The first kappa shape index (κ1) is 21.3. The SMILES string of the molecule is O=C(CCc1nc(-c2ccc(Cl)cc2)no1)N(CCc1ccccc1)Cc1cccs1. The second kappa shape index (κ2) is 10.4. The van der Waals surface area contributed by atoms with Crippen LogP contribution in [0.4, 0.5) is 0 Å². The Hall–Kier alpha value is -2.96. The minimum atomic E-state index is 0.0792. The number of halogens is 1. The molecule has 31 heavy (non-hydrogen) atoms. The van der Waals surface area contributed by atoms with Gasteiger partial charge >= 0.3 is 0 Å². The third-order valence-electron chi connectivity index (χ3n) is 4.92. The second-order valence-corrected chi connectivity index (χ2v) is 8.62. The Labute approximate surface area is 190 Å². The number of benzene rings is 2. The van der Waals surface area contributed by atoms with E-state index in [0.29, 0.717) is 42.7 Å². The highest BCUT2D eigenvalue weighted by molar-refractivity contribution is 7.09. The van der Waals surface area contributed by atoms with E-state index in [2.05, 4.69) is 28.3 Å². The normalized spacial score (nSPS) is 10.9. The van der Waals surface area contributed by atoms with Gasteiger partial charge in [0.05, 0.1) is 6.54 Å². The Balaban J connectivity index is 1.38. The highest BCUT2D eigenvalue weighted by Gasteiger charge is 2.17. The molecule has 0 radical (unpaired) electrons. The van der Waals surface area contributed by atoms with E-state index in [4.69, 9.17) is 16.1 Å². The zero-order valence-corrected chi connectivity index (χ0v) is 18.5. The average Bonchev–Trinajstić information content (AvgIpc) is 3.48. The summed E-state index contributed by atoms with van der Waals surface area (Å²) in [6.45, 7) is 1.28. The molecular formula is C24H22ClN3O2S. The van der Waals surface area contributed by atoms with Gasteiger partial charge < -0.3 is 9.42 Å². The molecule has 0 N–H and O–H groups in total. The van der Waals surface area contributed by atoms with Gasteiger partial charge in [0.2, 0.25) is 17.6 Å². The lowest BCUT2D eigenvalue weighted by molar-refractivity contribution is -0.131. The van der Waals surface area contributed by atoms with Crippen molar-refractivity contribution in [2.75, 3.05) is 6.54 Å². The number of hydrogen-bond donors (Lipinski definition) is 0. The van der Waals surface area contributed by atoms with Crippen molar-refractivity contribution >= 4 is 28.8 Å². The van der Waals surface area contributed by atoms with Crippen LogP contribution in [0.5, 0.6) is 0 Å². The Morgan fingerprint density at radius 3 is 2.55 bits per heavy atom. The van der Waals surface area contributed by atoms with Crippen molar-refractivity contribution < 1.29 is 9.32 Å². The van der Waals surface area contributed by atoms with Crippen molar-refractivity contribution in [3.05, 3.63) is 93.5 Å². The van der Waals surface area contributed by atoms with Crippen LogP contribution in [0.2, 0.25) is 5.02 Å². The van der Waals surface area contributed by atoms with E-state index in [-0.39, 0.29) is 5.91 Å². The largest absolute Gasteiger partial charge is 0.339 e. The molecule has 7 heteroatoms. The lowest BCUT2D eigenvalue weighted by atomic mass is 10.1. The predicted octanol–water partition coefficient (Wildman–Crippen LogP) is 5.66. The number of rotatable bonds is 9.